The molecule has 2 aliphatic rings. The second-order valence-electron chi connectivity index (χ2n) is 8.45. The van der Waals surface area contributed by atoms with E-state index in [9.17, 15) is 9.59 Å². The van der Waals surface area contributed by atoms with Crippen molar-refractivity contribution in [3.63, 3.8) is 0 Å². The van der Waals surface area contributed by atoms with Gasteiger partial charge in [-0.15, -0.1) is 0 Å². The summed E-state index contributed by atoms with van der Waals surface area (Å²) >= 11 is 12.0. The number of piperidine rings is 1. The number of carbonyl (C=O) groups is 2. The van der Waals surface area contributed by atoms with Crippen LogP contribution < -0.4 is 15.4 Å². The van der Waals surface area contributed by atoms with Crippen LogP contribution in [-0.4, -0.2) is 48.5 Å². The van der Waals surface area contributed by atoms with Crippen molar-refractivity contribution in [1.29, 1.82) is 0 Å². The number of benzene rings is 2. The molecule has 2 bridgehead atoms. The molecule has 2 heterocycles. The Morgan fingerprint density at radius 2 is 1.69 bits per heavy atom. The standard InChI is InChI=1S/C24H27Cl2N3O3/c1-32-22-9-6-17(26)10-21(22)24(31)27-13-23(30)28-18-11-19-7-8-20(12-18)29(19)14-15-2-4-16(25)5-3-15/h2-6,9-10,18-20H,7-8,11-14H2,1H3,(H,27,31)(H,28,30)/t19-,20-/m1/s1. The van der Waals surface area contributed by atoms with Crippen LogP contribution in [0.1, 0.15) is 41.6 Å². The molecule has 4 rings (SSSR count). The molecule has 0 aromatic heterocycles. The van der Waals surface area contributed by atoms with Gasteiger partial charge in [0.1, 0.15) is 5.75 Å². The molecule has 8 heteroatoms. The van der Waals surface area contributed by atoms with Crippen LogP contribution in [0.15, 0.2) is 42.5 Å². The van der Waals surface area contributed by atoms with Crippen LogP contribution >= 0.6 is 23.2 Å². The lowest BCUT2D eigenvalue weighted by Gasteiger charge is -2.39. The molecule has 32 heavy (non-hydrogen) atoms. The van der Waals surface area contributed by atoms with E-state index in [1.165, 1.54) is 18.7 Å². The average Bonchev–Trinajstić information content (AvgIpc) is 3.01. The fourth-order valence-corrected chi connectivity index (χ4v) is 5.14. The molecule has 2 N–H and O–H groups in total. The summed E-state index contributed by atoms with van der Waals surface area (Å²) in [5.74, 6) is -0.163. The number of carbonyl (C=O) groups excluding carboxylic acids is 2. The van der Waals surface area contributed by atoms with Crippen LogP contribution in [-0.2, 0) is 11.3 Å². The van der Waals surface area contributed by atoms with Crippen molar-refractivity contribution in [2.45, 2.75) is 50.4 Å². The maximum Gasteiger partial charge on any atom is 0.255 e. The summed E-state index contributed by atoms with van der Waals surface area (Å²) < 4.78 is 5.21. The van der Waals surface area contributed by atoms with Crippen LogP contribution in [0.3, 0.4) is 0 Å². The largest absolute Gasteiger partial charge is 0.496 e. The molecule has 2 atom stereocenters. The van der Waals surface area contributed by atoms with Gasteiger partial charge in [-0.3, -0.25) is 14.5 Å². The second-order valence-corrected chi connectivity index (χ2v) is 9.32. The van der Waals surface area contributed by atoms with E-state index >= 15 is 0 Å². The molecule has 2 aromatic carbocycles. The molecular weight excluding hydrogens is 449 g/mol. The first-order valence-electron chi connectivity index (χ1n) is 10.8. The Balaban J connectivity index is 1.28. The third-order valence-electron chi connectivity index (χ3n) is 6.34. The minimum absolute atomic E-state index is 0.0885. The molecule has 2 fully saturated rings. The molecule has 0 saturated carbocycles. The van der Waals surface area contributed by atoms with Gasteiger partial charge in [0.05, 0.1) is 19.2 Å². The Bertz CT molecular complexity index is 969. The third-order valence-corrected chi connectivity index (χ3v) is 6.83. The van der Waals surface area contributed by atoms with E-state index in [2.05, 4.69) is 27.7 Å². The van der Waals surface area contributed by atoms with E-state index in [-0.39, 0.29) is 18.5 Å². The van der Waals surface area contributed by atoms with E-state index in [1.807, 2.05) is 12.1 Å². The van der Waals surface area contributed by atoms with E-state index < -0.39 is 5.91 Å². The smallest absolute Gasteiger partial charge is 0.255 e. The summed E-state index contributed by atoms with van der Waals surface area (Å²) in [5, 5.41) is 6.95. The highest BCUT2D eigenvalue weighted by Gasteiger charge is 2.40. The Labute approximate surface area is 198 Å². The molecule has 2 amide bonds. The SMILES string of the molecule is COc1ccc(Cl)cc1C(=O)NCC(=O)NC1C[C@H]2CC[C@H](C1)N2Cc1ccc(Cl)cc1. The fourth-order valence-electron chi connectivity index (χ4n) is 4.84. The summed E-state index contributed by atoms with van der Waals surface area (Å²) in [6.45, 7) is 0.819. The van der Waals surface area contributed by atoms with Crippen molar-refractivity contribution in [3.8, 4) is 5.75 Å². The van der Waals surface area contributed by atoms with Crippen molar-refractivity contribution in [3.05, 3.63) is 63.6 Å². The second kappa shape index (κ2) is 10.1. The first kappa shape index (κ1) is 22.9. The summed E-state index contributed by atoms with van der Waals surface area (Å²) in [4.78, 5) is 27.5. The van der Waals surface area contributed by atoms with E-state index in [4.69, 9.17) is 27.9 Å². The summed E-state index contributed by atoms with van der Waals surface area (Å²) in [5.41, 5.74) is 1.56. The van der Waals surface area contributed by atoms with E-state index in [0.29, 0.717) is 28.4 Å². The number of amides is 2. The zero-order chi connectivity index (χ0) is 22.7. The molecule has 2 saturated heterocycles. The van der Waals surface area contributed by atoms with Gasteiger partial charge in [0.15, 0.2) is 0 Å². The number of methoxy groups -OCH3 is 1. The average molecular weight is 476 g/mol. The Morgan fingerprint density at radius 1 is 1.03 bits per heavy atom. The van der Waals surface area contributed by atoms with Crippen LogP contribution in [0.5, 0.6) is 5.75 Å². The molecule has 0 spiro atoms. The zero-order valence-electron chi connectivity index (χ0n) is 17.9. The number of nitrogens with zero attached hydrogens (tertiary/aromatic N) is 1. The lowest BCUT2D eigenvalue weighted by molar-refractivity contribution is -0.121. The molecule has 2 aliphatic heterocycles. The van der Waals surface area contributed by atoms with Gasteiger partial charge in [0.25, 0.3) is 5.91 Å². The van der Waals surface area contributed by atoms with Gasteiger partial charge in [0, 0.05) is 34.7 Å². The van der Waals surface area contributed by atoms with E-state index in [0.717, 1.165) is 37.3 Å². The minimum atomic E-state index is -0.391. The topological polar surface area (TPSA) is 70.7 Å². The molecule has 0 radical (unpaired) electrons. The van der Waals surface area contributed by atoms with Crippen molar-refractivity contribution in [2.75, 3.05) is 13.7 Å². The zero-order valence-corrected chi connectivity index (χ0v) is 19.5. The molecule has 0 unspecified atom stereocenters. The predicted molar refractivity (Wildman–Crippen MR) is 125 cm³/mol. The monoisotopic (exact) mass is 475 g/mol. The number of rotatable bonds is 7. The van der Waals surface area contributed by atoms with Gasteiger partial charge in [-0.05, 0) is 61.6 Å². The van der Waals surface area contributed by atoms with Crippen LogP contribution in [0.2, 0.25) is 10.0 Å². The number of halogens is 2. The van der Waals surface area contributed by atoms with Crippen molar-refractivity contribution >= 4 is 35.0 Å². The summed E-state index contributed by atoms with van der Waals surface area (Å²) in [6.07, 6.45) is 4.14. The van der Waals surface area contributed by atoms with Crippen molar-refractivity contribution in [2.24, 2.45) is 0 Å². The Hall–Kier alpha value is -2.28. The minimum Gasteiger partial charge on any atom is -0.496 e. The summed E-state index contributed by atoms with van der Waals surface area (Å²) in [7, 11) is 1.49. The van der Waals surface area contributed by atoms with Crippen LogP contribution in [0, 0.1) is 0 Å². The number of hydrogen-bond donors (Lipinski definition) is 2. The Kier molecular flexibility index (Phi) is 7.23. The molecule has 2 aromatic rings. The first-order chi connectivity index (χ1) is 15.4. The van der Waals surface area contributed by atoms with Gasteiger partial charge in [0.2, 0.25) is 5.91 Å². The maximum atomic E-state index is 12.5. The van der Waals surface area contributed by atoms with Gasteiger partial charge < -0.3 is 15.4 Å². The van der Waals surface area contributed by atoms with Crippen molar-refractivity contribution in [1.82, 2.24) is 15.5 Å². The number of fused-ring (bicyclic) bond motifs is 2. The number of ether oxygens (including phenoxy) is 1. The van der Waals surface area contributed by atoms with Gasteiger partial charge >= 0.3 is 0 Å². The van der Waals surface area contributed by atoms with Gasteiger partial charge in [-0.25, -0.2) is 0 Å². The predicted octanol–water partition coefficient (Wildman–Crippen LogP) is 4.04. The summed E-state index contributed by atoms with van der Waals surface area (Å²) in [6, 6.07) is 13.9. The highest BCUT2D eigenvalue weighted by atomic mass is 35.5. The lowest BCUT2D eigenvalue weighted by Crippen LogP contribution is -2.51. The quantitative estimate of drug-likeness (QED) is 0.633. The normalized spacial score (nSPS) is 22.4. The van der Waals surface area contributed by atoms with Gasteiger partial charge in [-0.2, -0.15) is 0 Å². The number of hydrogen-bond acceptors (Lipinski definition) is 4. The molecule has 170 valence electrons. The third kappa shape index (κ3) is 5.37. The molecular formula is C24H27Cl2N3O3. The maximum absolute atomic E-state index is 12.5. The highest BCUT2D eigenvalue weighted by Crippen LogP contribution is 2.37. The van der Waals surface area contributed by atoms with Crippen LogP contribution in [0.4, 0.5) is 0 Å². The lowest BCUT2D eigenvalue weighted by atomic mass is 9.96. The van der Waals surface area contributed by atoms with E-state index in [1.54, 1.807) is 12.1 Å². The Morgan fingerprint density at radius 3 is 2.34 bits per heavy atom. The number of nitrogens with one attached hydrogen (secondary N) is 2. The van der Waals surface area contributed by atoms with Gasteiger partial charge in [-0.1, -0.05) is 35.3 Å². The fraction of sp³-hybridized carbons (Fsp3) is 0.417. The molecule has 0 aliphatic carbocycles. The first-order valence-corrected chi connectivity index (χ1v) is 11.6. The molecule has 6 nitrogen and oxygen atoms in total. The van der Waals surface area contributed by atoms with Crippen molar-refractivity contribution < 1.29 is 14.3 Å². The highest BCUT2D eigenvalue weighted by molar-refractivity contribution is 6.31. The van der Waals surface area contributed by atoms with Crippen LogP contribution in [0.25, 0.3) is 0 Å².